The first-order valence-corrected chi connectivity index (χ1v) is 21.9. The van der Waals surface area contributed by atoms with Crippen molar-refractivity contribution in [1.29, 1.82) is 5.26 Å². The first-order valence-electron chi connectivity index (χ1n) is 21.9. The molecule has 12 aromatic rings. The third-order valence-electron chi connectivity index (χ3n) is 12.9. The van der Waals surface area contributed by atoms with Crippen LogP contribution in [0.4, 0.5) is 8.78 Å². The number of rotatable bonds is 7. The van der Waals surface area contributed by atoms with E-state index in [-0.39, 0.29) is 5.56 Å². The molecule has 0 saturated carbocycles. The van der Waals surface area contributed by atoms with Crippen LogP contribution < -0.4 is 0 Å². The molecule has 3 nitrogen and oxygen atoms in total. The van der Waals surface area contributed by atoms with Crippen molar-refractivity contribution in [2.45, 2.75) is 0 Å². The first-order chi connectivity index (χ1) is 32.5. The Labute approximate surface area is 379 Å². The third kappa shape index (κ3) is 6.47. The van der Waals surface area contributed by atoms with Crippen LogP contribution in [0.15, 0.2) is 224 Å². The van der Waals surface area contributed by atoms with Crippen molar-refractivity contribution in [2.24, 2.45) is 0 Å². The summed E-state index contributed by atoms with van der Waals surface area (Å²) < 4.78 is 36.0. The van der Waals surface area contributed by atoms with E-state index in [1.807, 2.05) is 84.9 Å². The number of hydrogen-bond acceptors (Lipinski definition) is 1. The smallest absolute Gasteiger partial charge is 0.131 e. The summed E-state index contributed by atoms with van der Waals surface area (Å²) in [4.78, 5) is 0. The predicted octanol–water partition coefficient (Wildman–Crippen LogP) is 16.4. The molecule has 0 atom stereocenters. The van der Waals surface area contributed by atoms with E-state index in [1.165, 1.54) is 12.1 Å². The van der Waals surface area contributed by atoms with E-state index in [9.17, 15) is 5.26 Å². The first kappa shape index (κ1) is 38.8. The lowest BCUT2D eigenvalue weighted by molar-refractivity contribution is 0.603. The highest BCUT2D eigenvalue weighted by atomic mass is 19.1. The normalized spacial score (nSPS) is 11.5. The molecule has 10 aromatic carbocycles. The topological polar surface area (TPSA) is 33.6 Å². The standard InChI is InChI=1S/C61H37F2N3/c62-48-25-30-55(63)53(37-48)47-35-60(65-56-31-43(39-13-5-1-6-14-39)21-26-49(56)50-27-22-44(32-57(50)65)40-15-7-2-8-16-40)54(38-64)61(36-47)66-58-33-45(41-17-9-3-10-18-41)23-28-51(58)52-29-24-46(34-59(52)66)42-19-11-4-12-20-42/h1-37H. The molecule has 0 aliphatic heterocycles. The molecular weight excluding hydrogens is 813 g/mol. The van der Waals surface area contributed by atoms with Gasteiger partial charge in [0.15, 0.2) is 0 Å². The molecule has 0 amide bonds. The van der Waals surface area contributed by atoms with E-state index in [0.717, 1.165) is 94.2 Å². The molecule has 2 aromatic heterocycles. The van der Waals surface area contributed by atoms with Gasteiger partial charge < -0.3 is 9.13 Å². The maximum absolute atomic E-state index is 16.3. The number of nitrogens with zero attached hydrogens (tertiary/aromatic N) is 3. The zero-order valence-corrected chi connectivity index (χ0v) is 35.5. The van der Waals surface area contributed by atoms with E-state index >= 15 is 8.78 Å². The van der Waals surface area contributed by atoms with Gasteiger partial charge in [-0.25, -0.2) is 8.78 Å². The van der Waals surface area contributed by atoms with E-state index in [4.69, 9.17) is 0 Å². The van der Waals surface area contributed by atoms with Crippen LogP contribution in [-0.4, -0.2) is 9.13 Å². The van der Waals surface area contributed by atoms with E-state index in [0.29, 0.717) is 22.5 Å². The van der Waals surface area contributed by atoms with Crippen molar-refractivity contribution in [1.82, 2.24) is 9.13 Å². The Bertz CT molecular complexity index is 3470. The van der Waals surface area contributed by atoms with Gasteiger partial charge in [0, 0.05) is 27.1 Å². The molecule has 0 aliphatic rings. The average Bonchev–Trinajstić information content (AvgIpc) is 3.88. The number of hydrogen-bond donors (Lipinski definition) is 0. The minimum absolute atomic E-state index is 0.0911. The molecule has 310 valence electrons. The Hall–Kier alpha value is -8.85. The molecule has 0 spiro atoms. The lowest BCUT2D eigenvalue weighted by atomic mass is 9.99. The molecule has 0 N–H and O–H groups in total. The Balaban J connectivity index is 1.24. The molecule has 12 rings (SSSR count). The summed E-state index contributed by atoms with van der Waals surface area (Å²) in [5, 5.41) is 15.7. The van der Waals surface area contributed by atoms with Crippen molar-refractivity contribution in [3.05, 3.63) is 242 Å². The van der Waals surface area contributed by atoms with Crippen LogP contribution in [0.25, 0.3) is 111 Å². The van der Waals surface area contributed by atoms with Crippen molar-refractivity contribution in [3.63, 3.8) is 0 Å². The Morgan fingerprint density at radius 2 is 0.652 bits per heavy atom. The predicted molar refractivity (Wildman–Crippen MR) is 267 cm³/mol. The van der Waals surface area contributed by atoms with Crippen LogP contribution in [0.2, 0.25) is 0 Å². The number of benzene rings is 10. The summed E-state index contributed by atoms with van der Waals surface area (Å²) in [5.41, 5.74) is 13.7. The highest BCUT2D eigenvalue weighted by molar-refractivity contribution is 6.13. The van der Waals surface area contributed by atoms with E-state index in [1.54, 1.807) is 0 Å². The fraction of sp³-hybridized carbons (Fsp3) is 0. The van der Waals surface area contributed by atoms with Gasteiger partial charge in [0.25, 0.3) is 0 Å². The van der Waals surface area contributed by atoms with Crippen LogP contribution >= 0.6 is 0 Å². The SMILES string of the molecule is N#Cc1c(-n2c3cc(-c4ccccc4)ccc3c3ccc(-c4ccccc4)cc32)cc(-c2cc(F)ccc2F)cc1-n1c2cc(-c3ccccc3)ccc2c2ccc(-c3ccccc3)cc21. The highest BCUT2D eigenvalue weighted by Crippen LogP contribution is 2.43. The number of halogens is 2. The number of nitriles is 1. The summed E-state index contributed by atoms with van der Waals surface area (Å²) in [7, 11) is 0. The Kier molecular flexibility index (Phi) is 9.25. The quantitative estimate of drug-likeness (QED) is 0.157. The monoisotopic (exact) mass is 849 g/mol. The van der Waals surface area contributed by atoms with Gasteiger partial charge in [0.1, 0.15) is 23.3 Å². The van der Waals surface area contributed by atoms with Crippen molar-refractivity contribution in [3.8, 4) is 73.1 Å². The van der Waals surface area contributed by atoms with Crippen LogP contribution in [-0.2, 0) is 0 Å². The van der Waals surface area contributed by atoms with Crippen molar-refractivity contribution < 1.29 is 8.78 Å². The van der Waals surface area contributed by atoms with Crippen molar-refractivity contribution >= 4 is 43.6 Å². The molecule has 0 aliphatic carbocycles. The Morgan fingerprint density at radius 1 is 0.318 bits per heavy atom. The van der Waals surface area contributed by atoms with Crippen LogP contribution in [0.3, 0.4) is 0 Å². The minimum Gasteiger partial charge on any atom is -0.308 e. The maximum atomic E-state index is 16.3. The second-order valence-electron chi connectivity index (χ2n) is 16.7. The van der Waals surface area contributed by atoms with Gasteiger partial charge >= 0.3 is 0 Å². The second-order valence-corrected chi connectivity index (χ2v) is 16.7. The van der Waals surface area contributed by atoms with Crippen LogP contribution in [0.5, 0.6) is 0 Å². The number of fused-ring (bicyclic) bond motifs is 6. The third-order valence-corrected chi connectivity index (χ3v) is 12.9. The van der Waals surface area contributed by atoms with Crippen molar-refractivity contribution in [2.75, 3.05) is 0 Å². The van der Waals surface area contributed by atoms with E-state index in [2.05, 4.69) is 137 Å². The molecular formula is C61H37F2N3. The molecule has 5 heteroatoms. The molecule has 0 saturated heterocycles. The average molecular weight is 850 g/mol. The molecule has 2 heterocycles. The summed E-state index contributed by atoms with van der Waals surface area (Å²) in [6.45, 7) is 0. The Morgan fingerprint density at radius 3 is 0.970 bits per heavy atom. The molecule has 66 heavy (non-hydrogen) atoms. The van der Waals surface area contributed by atoms with Gasteiger partial charge in [-0.05, 0) is 105 Å². The zero-order valence-electron chi connectivity index (χ0n) is 35.5. The lowest BCUT2D eigenvalue weighted by Crippen LogP contribution is -2.06. The molecule has 0 radical (unpaired) electrons. The highest BCUT2D eigenvalue weighted by Gasteiger charge is 2.25. The second kappa shape index (κ2) is 15.7. The van der Waals surface area contributed by atoms with Crippen LogP contribution in [0, 0.1) is 23.0 Å². The van der Waals surface area contributed by atoms with Gasteiger partial charge in [-0.1, -0.05) is 170 Å². The van der Waals surface area contributed by atoms with Gasteiger partial charge in [0.05, 0.1) is 33.4 Å². The summed E-state index contributed by atoms with van der Waals surface area (Å²) in [5.74, 6) is -1.13. The van der Waals surface area contributed by atoms with E-state index < -0.39 is 11.6 Å². The summed E-state index contributed by atoms with van der Waals surface area (Å²) in [6.07, 6.45) is 0. The fourth-order valence-electron chi connectivity index (χ4n) is 9.75. The molecule has 0 fully saturated rings. The van der Waals surface area contributed by atoms with Gasteiger partial charge in [-0.15, -0.1) is 0 Å². The fourth-order valence-corrected chi connectivity index (χ4v) is 9.75. The van der Waals surface area contributed by atoms with Gasteiger partial charge in [-0.2, -0.15) is 5.26 Å². The largest absolute Gasteiger partial charge is 0.308 e. The molecule has 0 bridgehead atoms. The zero-order chi connectivity index (χ0) is 44.3. The lowest BCUT2D eigenvalue weighted by Gasteiger charge is -2.19. The maximum Gasteiger partial charge on any atom is 0.131 e. The minimum atomic E-state index is -0.571. The van der Waals surface area contributed by atoms with Gasteiger partial charge in [-0.3, -0.25) is 0 Å². The van der Waals surface area contributed by atoms with Crippen LogP contribution in [0.1, 0.15) is 5.56 Å². The summed E-state index contributed by atoms with van der Waals surface area (Å²) in [6, 6.07) is 76.6. The van der Waals surface area contributed by atoms with Gasteiger partial charge in [0.2, 0.25) is 0 Å². The summed E-state index contributed by atoms with van der Waals surface area (Å²) >= 11 is 0. The number of aromatic nitrogens is 2. The molecule has 0 unspecified atom stereocenters.